The Labute approximate surface area is 372 Å². The van der Waals surface area contributed by atoms with Gasteiger partial charge in [-0.3, -0.25) is 23.4 Å². The van der Waals surface area contributed by atoms with E-state index in [1.54, 1.807) is 6.08 Å². The summed E-state index contributed by atoms with van der Waals surface area (Å²) in [6, 6.07) is 0. The normalized spacial score (nSPS) is 14.3. The zero-order valence-electron chi connectivity index (χ0n) is 39.1. The van der Waals surface area contributed by atoms with Crippen LogP contribution in [0.25, 0.3) is 0 Å². The number of unbranched alkanes of at least 4 members (excludes halogenated alkanes) is 24. The molecule has 0 aromatic rings. The Morgan fingerprint density at radius 3 is 1.59 bits per heavy atom. The summed E-state index contributed by atoms with van der Waals surface area (Å²) in [6.45, 7) is 4.59. The van der Waals surface area contributed by atoms with Crippen molar-refractivity contribution in [2.45, 2.75) is 238 Å². The minimum Gasteiger partial charge on any atom is -0.462 e. The lowest BCUT2D eigenvalue weighted by atomic mass is 9.99. The van der Waals surface area contributed by atoms with Crippen LogP contribution in [0, 0.1) is 5.92 Å². The molecule has 0 aromatic carbocycles. The summed E-state index contributed by atoms with van der Waals surface area (Å²) in [5, 5.41) is 18.4. The fraction of sp³-hybridized carbons (Fsp3) is 0.857. The molecule has 4 atom stereocenters. The summed E-state index contributed by atoms with van der Waals surface area (Å²) < 4.78 is 32.8. The first kappa shape index (κ1) is 59.1. The van der Waals surface area contributed by atoms with Crippen molar-refractivity contribution in [3.63, 3.8) is 0 Å². The fourth-order valence-electron chi connectivity index (χ4n) is 6.89. The van der Waals surface area contributed by atoms with Gasteiger partial charge in [0, 0.05) is 19.3 Å². The number of ketones is 1. The van der Waals surface area contributed by atoms with E-state index in [0.29, 0.717) is 19.3 Å². The number of carbonyl (C=O) groups excluding carboxylic acids is 3. The molecule has 0 rings (SSSR count). The fourth-order valence-corrected chi connectivity index (χ4v) is 7.68. The van der Waals surface area contributed by atoms with Crippen LogP contribution >= 0.6 is 7.82 Å². The molecule has 0 spiro atoms. The second-order valence-corrected chi connectivity index (χ2v) is 18.6. The second kappa shape index (κ2) is 43.4. The van der Waals surface area contributed by atoms with Crippen molar-refractivity contribution in [3.8, 4) is 0 Å². The first-order valence-corrected chi connectivity index (χ1v) is 26.1. The number of phosphoric acid groups is 1. The van der Waals surface area contributed by atoms with Crippen molar-refractivity contribution in [1.82, 2.24) is 0 Å². The van der Waals surface area contributed by atoms with Gasteiger partial charge in [0.15, 0.2) is 11.9 Å². The van der Waals surface area contributed by atoms with Gasteiger partial charge in [-0.15, -0.1) is 0 Å². The molecule has 0 saturated heterocycles. The van der Waals surface area contributed by atoms with Gasteiger partial charge in [0.2, 0.25) is 0 Å². The molecule has 11 nitrogen and oxygen atoms in total. The number of hydrogen-bond donors (Lipinski definition) is 3. The second-order valence-electron chi connectivity index (χ2n) is 17.1. The number of rotatable bonds is 46. The molecule has 0 aromatic heterocycles. The van der Waals surface area contributed by atoms with Crippen LogP contribution in [-0.2, 0) is 37.5 Å². The Hall–Kier alpha value is -1.88. The van der Waals surface area contributed by atoms with Crippen molar-refractivity contribution in [2.24, 2.45) is 5.92 Å². The first-order chi connectivity index (χ1) is 29.5. The number of allylic oxidation sites excluding steroid dienone is 4. The Bertz CT molecular complexity index is 1140. The average Bonchev–Trinajstić information content (AvgIpc) is 3.24. The maximum atomic E-state index is 12.7. The third kappa shape index (κ3) is 43.2. The third-order valence-corrected chi connectivity index (χ3v) is 12.1. The molecule has 0 bridgehead atoms. The van der Waals surface area contributed by atoms with Gasteiger partial charge in [0.1, 0.15) is 12.7 Å². The number of aliphatic hydroxyl groups is 2. The summed E-state index contributed by atoms with van der Waals surface area (Å²) in [7, 11) is -4.64. The van der Waals surface area contributed by atoms with Crippen molar-refractivity contribution in [2.75, 3.05) is 26.4 Å². The smallest absolute Gasteiger partial charge is 0.462 e. The highest BCUT2D eigenvalue weighted by atomic mass is 31.2. The van der Waals surface area contributed by atoms with E-state index in [-0.39, 0.29) is 25.2 Å². The van der Waals surface area contributed by atoms with Crippen LogP contribution in [0.4, 0.5) is 0 Å². The highest BCUT2D eigenvalue weighted by Gasteiger charge is 2.27. The van der Waals surface area contributed by atoms with Crippen LogP contribution in [0.15, 0.2) is 24.3 Å². The highest BCUT2D eigenvalue weighted by molar-refractivity contribution is 7.47. The molecule has 0 aliphatic carbocycles. The lowest BCUT2D eigenvalue weighted by Gasteiger charge is -2.20. The van der Waals surface area contributed by atoms with E-state index in [0.717, 1.165) is 76.5 Å². The summed E-state index contributed by atoms with van der Waals surface area (Å²) >= 11 is 0. The molecule has 0 amide bonds. The van der Waals surface area contributed by atoms with E-state index in [1.807, 2.05) is 12.2 Å². The molecular weight excluding hydrogens is 796 g/mol. The van der Waals surface area contributed by atoms with Gasteiger partial charge in [-0.25, -0.2) is 4.57 Å². The predicted octanol–water partition coefficient (Wildman–Crippen LogP) is 12.8. The number of phosphoric ester groups is 1. The monoisotopic (exact) mass is 887 g/mol. The van der Waals surface area contributed by atoms with Crippen molar-refractivity contribution < 1.29 is 52.6 Å². The quantitative estimate of drug-likeness (QED) is 0.0175. The largest absolute Gasteiger partial charge is 0.472 e. The van der Waals surface area contributed by atoms with E-state index in [2.05, 4.69) is 26.8 Å². The van der Waals surface area contributed by atoms with Crippen LogP contribution in [0.5, 0.6) is 0 Å². The minimum atomic E-state index is -4.64. The average molecular weight is 887 g/mol. The maximum Gasteiger partial charge on any atom is 0.472 e. The molecule has 0 aliphatic rings. The van der Waals surface area contributed by atoms with Crippen LogP contribution in [0.1, 0.15) is 226 Å². The van der Waals surface area contributed by atoms with Gasteiger partial charge in [-0.05, 0) is 44.1 Å². The van der Waals surface area contributed by atoms with E-state index in [1.165, 1.54) is 103 Å². The number of aliphatic hydroxyl groups excluding tert-OH is 2. The summed E-state index contributed by atoms with van der Waals surface area (Å²) in [6.07, 6.45) is 39.8. The zero-order chi connectivity index (χ0) is 45.1. The number of hydrogen-bond acceptors (Lipinski definition) is 10. The van der Waals surface area contributed by atoms with Crippen LogP contribution in [-0.4, -0.2) is 71.5 Å². The SMILES string of the molecule is CCCCCC(=O)/C=C/C=C\CCCCCCCC(=O)OC[C@H](COP(=O)(O)OC[C@@H](O)CO)OC(=O)CCCCCCCCCCCCCCCCCCCCC(C)CC. The Morgan fingerprint density at radius 2 is 1.07 bits per heavy atom. The number of esters is 2. The maximum absolute atomic E-state index is 12.7. The van der Waals surface area contributed by atoms with Crippen LogP contribution in [0.2, 0.25) is 0 Å². The molecule has 0 radical (unpaired) electrons. The standard InChI is InChI=1S/C49H91O11P/c1-4-6-30-36-45(51)37-32-27-23-19-17-21-24-28-33-38-48(53)57-42-47(43-59-61(55,56)58-41-46(52)40-50)60-49(54)39-34-29-25-20-16-14-12-10-8-7-9-11-13-15-18-22-26-31-35-44(3)5-2/h23,27,32,37,44,46-47,50,52H,4-22,24-26,28-31,33-36,38-43H2,1-3H3,(H,55,56)/b27-23-,37-32+/t44?,46-,47+/m0/s1. The van der Waals surface area contributed by atoms with Crippen molar-refractivity contribution in [3.05, 3.63) is 24.3 Å². The van der Waals surface area contributed by atoms with Gasteiger partial charge in [0.25, 0.3) is 0 Å². The van der Waals surface area contributed by atoms with Gasteiger partial charge < -0.3 is 24.6 Å². The van der Waals surface area contributed by atoms with E-state index >= 15 is 0 Å². The first-order valence-electron chi connectivity index (χ1n) is 24.6. The van der Waals surface area contributed by atoms with Crippen LogP contribution in [0.3, 0.4) is 0 Å². The summed E-state index contributed by atoms with van der Waals surface area (Å²) in [5.74, 6) is 0.0802. The number of carbonyl (C=O) groups is 3. The van der Waals surface area contributed by atoms with Gasteiger partial charge >= 0.3 is 19.8 Å². The zero-order valence-corrected chi connectivity index (χ0v) is 39.9. The molecule has 0 aliphatic heterocycles. The van der Waals surface area contributed by atoms with Gasteiger partial charge in [-0.1, -0.05) is 193 Å². The molecule has 358 valence electrons. The summed E-state index contributed by atoms with van der Waals surface area (Å²) in [5.41, 5.74) is 0. The number of ether oxygens (including phenoxy) is 2. The summed E-state index contributed by atoms with van der Waals surface area (Å²) in [4.78, 5) is 46.9. The third-order valence-electron chi connectivity index (χ3n) is 11.1. The van der Waals surface area contributed by atoms with Gasteiger partial charge in [-0.2, -0.15) is 0 Å². The topological polar surface area (TPSA) is 166 Å². The van der Waals surface area contributed by atoms with Crippen molar-refractivity contribution in [1.29, 1.82) is 0 Å². The molecule has 61 heavy (non-hydrogen) atoms. The molecule has 2 unspecified atom stereocenters. The minimum absolute atomic E-state index is 0.167. The molecule has 12 heteroatoms. The Balaban J connectivity index is 4.22. The Kier molecular flexibility index (Phi) is 42.0. The molecular formula is C49H91O11P. The van der Waals surface area contributed by atoms with Crippen molar-refractivity contribution >= 4 is 25.5 Å². The van der Waals surface area contributed by atoms with E-state index in [9.17, 15) is 28.9 Å². The lowest BCUT2D eigenvalue weighted by molar-refractivity contribution is -0.161. The molecule has 0 heterocycles. The highest BCUT2D eigenvalue weighted by Crippen LogP contribution is 2.43. The van der Waals surface area contributed by atoms with E-state index < -0.39 is 51.8 Å². The molecule has 0 fully saturated rings. The lowest BCUT2D eigenvalue weighted by Crippen LogP contribution is -2.29. The Morgan fingerprint density at radius 1 is 0.590 bits per heavy atom. The van der Waals surface area contributed by atoms with E-state index in [4.69, 9.17) is 23.6 Å². The molecule has 0 saturated carbocycles. The predicted molar refractivity (Wildman–Crippen MR) is 247 cm³/mol. The van der Waals surface area contributed by atoms with Crippen LogP contribution < -0.4 is 0 Å². The van der Waals surface area contributed by atoms with Gasteiger partial charge in [0.05, 0.1) is 19.8 Å². The molecule has 3 N–H and O–H groups in total.